The minimum Gasteiger partial charge on any atom is -0.339 e. The summed E-state index contributed by atoms with van der Waals surface area (Å²) in [6, 6.07) is 12.3. The Balaban J connectivity index is 1.55. The normalized spacial score (nSPS) is 22.1. The van der Waals surface area contributed by atoms with Crippen LogP contribution in [0.25, 0.3) is 11.3 Å². The van der Waals surface area contributed by atoms with E-state index >= 15 is 0 Å². The van der Waals surface area contributed by atoms with Gasteiger partial charge in [-0.05, 0) is 38.4 Å². The van der Waals surface area contributed by atoms with E-state index in [1.165, 1.54) is 0 Å². The van der Waals surface area contributed by atoms with E-state index in [1.807, 2.05) is 36.4 Å². The average Bonchev–Trinajstić information content (AvgIpc) is 3.05. The number of nitrogens with one attached hydrogen (secondary N) is 1. The van der Waals surface area contributed by atoms with Crippen LogP contribution in [-0.2, 0) is 4.79 Å². The van der Waals surface area contributed by atoms with Gasteiger partial charge < -0.3 is 10.2 Å². The van der Waals surface area contributed by atoms with Gasteiger partial charge in [-0.2, -0.15) is 0 Å². The molecular formula is C19H22N4O. The number of aromatic nitrogens is 2. The lowest BCUT2D eigenvalue weighted by molar-refractivity contribution is -0.131. The Kier molecular flexibility index (Phi) is 4.26. The van der Waals surface area contributed by atoms with Crippen LogP contribution in [0.15, 0.2) is 42.6 Å². The van der Waals surface area contributed by atoms with E-state index in [0.29, 0.717) is 11.9 Å². The second-order valence-corrected chi connectivity index (χ2v) is 6.52. The first-order valence-corrected chi connectivity index (χ1v) is 8.72. The third-order valence-electron chi connectivity index (χ3n) is 5.04. The summed E-state index contributed by atoms with van der Waals surface area (Å²) in [6.07, 6.45) is 4.68. The van der Waals surface area contributed by atoms with Crippen LogP contribution < -0.4 is 5.32 Å². The number of amides is 1. The number of piperidine rings is 1. The van der Waals surface area contributed by atoms with Gasteiger partial charge in [0.1, 0.15) is 5.82 Å². The molecule has 0 radical (unpaired) electrons. The highest BCUT2D eigenvalue weighted by molar-refractivity contribution is 5.85. The van der Waals surface area contributed by atoms with Gasteiger partial charge in [0, 0.05) is 24.3 Å². The van der Waals surface area contributed by atoms with Crippen molar-refractivity contribution in [3.8, 4) is 11.3 Å². The van der Waals surface area contributed by atoms with Crippen molar-refractivity contribution < 1.29 is 4.79 Å². The van der Waals surface area contributed by atoms with Crippen molar-refractivity contribution in [3.63, 3.8) is 0 Å². The predicted molar refractivity (Wildman–Crippen MR) is 92.4 cm³/mol. The molecule has 1 aromatic carbocycles. The molecule has 1 aromatic heterocycles. The summed E-state index contributed by atoms with van der Waals surface area (Å²) in [5.41, 5.74) is 1.94. The molecular weight excluding hydrogens is 300 g/mol. The summed E-state index contributed by atoms with van der Waals surface area (Å²) in [4.78, 5) is 24.0. The first kappa shape index (κ1) is 15.3. The van der Waals surface area contributed by atoms with Gasteiger partial charge in [0.05, 0.1) is 11.6 Å². The quantitative estimate of drug-likeness (QED) is 0.941. The van der Waals surface area contributed by atoms with E-state index in [-0.39, 0.29) is 11.8 Å². The summed E-state index contributed by atoms with van der Waals surface area (Å²) >= 11 is 0. The number of hydrogen-bond acceptors (Lipinski definition) is 4. The first-order chi connectivity index (χ1) is 11.8. The first-order valence-electron chi connectivity index (χ1n) is 8.72. The molecule has 5 heteroatoms. The smallest absolute Gasteiger partial charge is 0.233 e. The maximum atomic E-state index is 12.9. The maximum Gasteiger partial charge on any atom is 0.233 e. The number of carbonyl (C=O) groups is 1. The van der Waals surface area contributed by atoms with Crippen molar-refractivity contribution in [1.29, 1.82) is 0 Å². The predicted octanol–water partition coefficient (Wildman–Crippen LogP) is 2.21. The fraction of sp³-hybridized carbons (Fsp3) is 0.421. The molecule has 2 fully saturated rings. The highest BCUT2D eigenvalue weighted by Gasteiger charge is 2.38. The molecule has 1 atom stereocenters. The lowest BCUT2D eigenvalue weighted by Gasteiger charge is -2.31. The fourth-order valence-corrected chi connectivity index (χ4v) is 3.73. The molecule has 3 heterocycles. The van der Waals surface area contributed by atoms with Crippen LogP contribution in [-0.4, -0.2) is 46.5 Å². The Hall–Kier alpha value is -2.27. The molecule has 0 saturated carbocycles. The van der Waals surface area contributed by atoms with Crippen molar-refractivity contribution in [2.45, 2.75) is 31.2 Å². The molecule has 2 aliphatic heterocycles. The van der Waals surface area contributed by atoms with Crippen LogP contribution >= 0.6 is 0 Å². The van der Waals surface area contributed by atoms with Crippen LogP contribution in [0.3, 0.4) is 0 Å². The van der Waals surface area contributed by atoms with Crippen LogP contribution in [0.4, 0.5) is 0 Å². The van der Waals surface area contributed by atoms with Crippen molar-refractivity contribution in [2.24, 2.45) is 0 Å². The zero-order chi connectivity index (χ0) is 16.4. The Labute approximate surface area is 142 Å². The Morgan fingerprint density at radius 1 is 1.04 bits per heavy atom. The molecule has 0 spiro atoms. The van der Waals surface area contributed by atoms with Crippen LogP contribution in [0.5, 0.6) is 0 Å². The summed E-state index contributed by atoms with van der Waals surface area (Å²) in [5, 5.41) is 3.36. The Bertz CT molecular complexity index is 712. The SMILES string of the molecule is O=C1C(c2nccc(-c3ccccc3)n2)CCN1C1CCNCC1. The molecule has 2 saturated heterocycles. The number of benzene rings is 1. The largest absolute Gasteiger partial charge is 0.339 e. The standard InChI is InChI=1S/C19H22N4O/c24-19-16(9-13-23(19)15-6-10-20-11-7-15)18-21-12-8-17(22-18)14-4-2-1-3-5-14/h1-5,8,12,15-16,20H,6-7,9-11,13H2. The van der Waals surface area contributed by atoms with Crippen molar-refractivity contribution in [3.05, 3.63) is 48.4 Å². The molecule has 5 nitrogen and oxygen atoms in total. The van der Waals surface area contributed by atoms with Gasteiger partial charge in [-0.1, -0.05) is 30.3 Å². The minimum atomic E-state index is -0.191. The minimum absolute atomic E-state index is 0.191. The van der Waals surface area contributed by atoms with Crippen LogP contribution in [0.1, 0.15) is 31.0 Å². The zero-order valence-electron chi connectivity index (χ0n) is 13.7. The van der Waals surface area contributed by atoms with Crippen molar-refractivity contribution in [1.82, 2.24) is 20.2 Å². The monoisotopic (exact) mass is 322 g/mol. The van der Waals surface area contributed by atoms with Crippen molar-refractivity contribution >= 4 is 5.91 Å². The van der Waals surface area contributed by atoms with E-state index in [0.717, 1.165) is 50.2 Å². The van der Waals surface area contributed by atoms with Crippen LogP contribution in [0.2, 0.25) is 0 Å². The second-order valence-electron chi connectivity index (χ2n) is 6.52. The lowest BCUT2D eigenvalue weighted by atomic mass is 10.0. The molecule has 4 rings (SSSR count). The van der Waals surface area contributed by atoms with Gasteiger partial charge in [0.15, 0.2) is 0 Å². The van der Waals surface area contributed by atoms with E-state index in [9.17, 15) is 4.79 Å². The highest BCUT2D eigenvalue weighted by Crippen LogP contribution is 2.30. The van der Waals surface area contributed by atoms with Crippen LogP contribution in [0, 0.1) is 0 Å². The molecule has 1 amide bonds. The van der Waals surface area contributed by atoms with Gasteiger partial charge >= 0.3 is 0 Å². The second kappa shape index (κ2) is 6.69. The van der Waals surface area contributed by atoms with Gasteiger partial charge in [-0.25, -0.2) is 9.97 Å². The Morgan fingerprint density at radius 3 is 2.62 bits per heavy atom. The van der Waals surface area contributed by atoms with E-state index in [1.54, 1.807) is 6.20 Å². The number of carbonyl (C=O) groups excluding carboxylic acids is 1. The molecule has 1 unspecified atom stereocenters. The highest BCUT2D eigenvalue weighted by atomic mass is 16.2. The molecule has 24 heavy (non-hydrogen) atoms. The number of hydrogen-bond donors (Lipinski definition) is 1. The molecule has 2 aromatic rings. The third kappa shape index (κ3) is 2.91. The average molecular weight is 322 g/mol. The van der Waals surface area contributed by atoms with E-state index in [4.69, 9.17) is 0 Å². The van der Waals surface area contributed by atoms with E-state index in [2.05, 4.69) is 20.2 Å². The van der Waals surface area contributed by atoms with Gasteiger partial charge in [0.2, 0.25) is 5.91 Å². The maximum absolute atomic E-state index is 12.9. The molecule has 124 valence electrons. The summed E-state index contributed by atoms with van der Waals surface area (Å²) < 4.78 is 0. The number of rotatable bonds is 3. The summed E-state index contributed by atoms with van der Waals surface area (Å²) in [5.74, 6) is 0.674. The number of likely N-dealkylation sites (tertiary alicyclic amines) is 1. The summed E-state index contributed by atoms with van der Waals surface area (Å²) in [6.45, 7) is 2.82. The molecule has 1 N–H and O–H groups in total. The molecule has 2 aliphatic rings. The number of nitrogens with zero attached hydrogens (tertiary/aromatic N) is 3. The molecule has 0 bridgehead atoms. The lowest BCUT2D eigenvalue weighted by Crippen LogP contribution is -2.44. The third-order valence-corrected chi connectivity index (χ3v) is 5.04. The van der Waals surface area contributed by atoms with Gasteiger partial charge in [0.25, 0.3) is 0 Å². The molecule has 0 aliphatic carbocycles. The van der Waals surface area contributed by atoms with E-state index < -0.39 is 0 Å². The Morgan fingerprint density at radius 2 is 1.83 bits per heavy atom. The zero-order valence-corrected chi connectivity index (χ0v) is 13.7. The summed E-state index contributed by atoms with van der Waals surface area (Å²) in [7, 11) is 0. The fourth-order valence-electron chi connectivity index (χ4n) is 3.73. The topological polar surface area (TPSA) is 58.1 Å². The van der Waals surface area contributed by atoms with Gasteiger partial charge in [-0.15, -0.1) is 0 Å². The van der Waals surface area contributed by atoms with Crippen molar-refractivity contribution in [2.75, 3.05) is 19.6 Å². The van der Waals surface area contributed by atoms with Gasteiger partial charge in [-0.3, -0.25) is 4.79 Å².